The molecule has 4 fully saturated rings. The average molecular weight is 667 g/mol. The molecule has 2 aliphatic heterocycles. The average Bonchev–Trinajstić information content (AvgIpc) is 3.60. The van der Waals surface area contributed by atoms with Gasteiger partial charge in [-0.25, -0.2) is 4.98 Å². The number of benzene rings is 2. The summed E-state index contributed by atoms with van der Waals surface area (Å²) in [6, 6.07) is 14.3. The number of fused-ring (bicyclic) bond motifs is 3. The molecule has 48 heavy (non-hydrogen) atoms. The quantitative estimate of drug-likeness (QED) is 0.190. The second-order valence-electron chi connectivity index (χ2n) is 14.4. The van der Waals surface area contributed by atoms with Gasteiger partial charge in [-0.15, -0.1) is 11.3 Å². The number of nitrogens with zero attached hydrogens (tertiary/aromatic N) is 2. The Morgan fingerprint density at radius 3 is 2.54 bits per heavy atom. The maximum Gasteiger partial charge on any atom is 0.268 e. The SMILES string of the molecule is CC1(C)[C@@H]2[C@@H](C(=O)N[C@@H](C[C@@H]3CCNC3=O)C(=O)c3nc4ccccc4s3)N(C(=O)[C@@H](NC(=O)c3cc4ccccc4[nH]3)C3CC3)C[C@@H]21. The summed E-state index contributed by atoms with van der Waals surface area (Å²) < 4.78 is 0.861. The zero-order valence-electron chi connectivity index (χ0n) is 26.8. The molecular weight excluding hydrogens is 628 g/mol. The summed E-state index contributed by atoms with van der Waals surface area (Å²) >= 11 is 1.26. The lowest BCUT2D eigenvalue weighted by Gasteiger charge is -2.34. The number of nitrogens with one attached hydrogen (secondary N) is 4. The van der Waals surface area contributed by atoms with E-state index >= 15 is 0 Å². The van der Waals surface area contributed by atoms with Gasteiger partial charge in [-0.05, 0) is 73.1 Å². The molecule has 0 radical (unpaired) electrons. The van der Waals surface area contributed by atoms with Crippen LogP contribution in [-0.2, 0) is 14.4 Å². The number of piperidine rings is 1. The first-order valence-corrected chi connectivity index (χ1v) is 17.6. The number of para-hydroxylation sites is 2. The molecule has 0 spiro atoms. The van der Waals surface area contributed by atoms with Crippen LogP contribution >= 0.6 is 11.3 Å². The molecule has 248 valence electrons. The molecule has 4 heterocycles. The Kier molecular flexibility index (Phi) is 7.39. The number of likely N-dealkylation sites (tertiary alicyclic amines) is 1. The predicted molar refractivity (Wildman–Crippen MR) is 180 cm³/mol. The minimum Gasteiger partial charge on any atom is -0.356 e. The van der Waals surface area contributed by atoms with Crippen molar-refractivity contribution in [3.63, 3.8) is 0 Å². The highest BCUT2D eigenvalue weighted by atomic mass is 32.1. The fourth-order valence-electron chi connectivity index (χ4n) is 7.99. The van der Waals surface area contributed by atoms with Crippen molar-refractivity contribution in [1.82, 2.24) is 30.8 Å². The molecule has 4 aliphatic rings. The van der Waals surface area contributed by atoms with Crippen LogP contribution in [0.1, 0.15) is 59.8 Å². The lowest BCUT2D eigenvalue weighted by molar-refractivity contribution is -0.142. The number of hydrogen-bond acceptors (Lipinski definition) is 7. The summed E-state index contributed by atoms with van der Waals surface area (Å²) in [6.45, 7) is 5.14. The van der Waals surface area contributed by atoms with Gasteiger partial charge in [0.25, 0.3) is 5.91 Å². The zero-order chi connectivity index (χ0) is 33.3. The van der Waals surface area contributed by atoms with E-state index in [-0.39, 0.29) is 58.1 Å². The van der Waals surface area contributed by atoms with Gasteiger partial charge in [-0.3, -0.25) is 24.0 Å². The smallest absolute Gasteiger partial charge is 0.268 e. The molecule has 11 nitrogen and oxygen atoms in total. The lowest BCUT2D eigenvalue weighted by atomic mass is 9.94. The summed E-state index contributed by atoms with van der Waals surface area (Å²) in [4.78, 5) is 78.0. The number of ketones is 1. The van der Waals surface area contributed by atoms with Gasteiger partial charge in [0, 0.05) is 29.9 Å². The van der Waals surface area contributed by atoms with Gasteiger partial charge >= 0.3 is 0 Å². The minimum absolute atomic E-state index is 0.00582. The zero-order valence-corrected chi connectivity index (χ0v) is 27.6. The molecule has 2 aromatic heterocycles. The van der Waals surface area contributed by atoms with Crippen molar-refractivity contribution in [3.8, 4) is 0 Å². The molecule has 4 aromatic rings. The Hall–Kier alpha value is -4.58. The minimum atomic E-state index is -0.981. The lowest BCUT2D eigenvalue weighted by Crippen LogP contribution is -2.58. The predicted octanol–water partition coefficient (Wildman–Crippen LogP) is 3.66. The van der Waals surface area contributed by atoms with E-state index in [0.717, 1.165) is 28.4 Å². The number of carbonyl (C=O) groups is 5. The van der Waals surface area contributed by atoms with Gasteiger partial charge in [0.2, 0.25) is 23.5 Å². The Morgan fingerprint density at radius 2 is 1.81 bits per heavy atom. The summed E-state index contributed by atoms with van der Waals surface area (Å²) in [5.74, 6) is -1.89. The van der Waals surface area contributed by atoms with Crippen molar-refractivity contribution in [1.29, 1.82) is 0 Å². The summed E-state index contributed by atoms with van der Waals surface area (Å²) in [5.41, 5.74) is 1.76. The number of thiazole rings is 1. The van der Waals surface area contributed by atoms with Crippen molar-refractivity contribution >= 4 is 61.9 Å². The first-order valence-electron chi connectivity index (χ1n) is 16.8. The third-order valence-electron chi connectivity index (χ3n) is 11.0. The summed E-state index contributed by atoms with van der Waals surface area (Å²) in [6.07, 6.45) is 2.35. The van der Waals surface area contributed by atoms with E-state index < -0.39 is 30.0 Å². The number of Topliss-reactive ketones (excluding diaryl/α,β-unsaturated/α-hetero) is 1. The maximum absolute atomic E-state index is 14.3. The van der Waals surface area contributed by atoms with Crippen LogP contribution in [0.2, 0.25) is 0 Å². The molecular formula is C36H38N6O5S. The fourth-order valence-corrected chi connectivity index (χ4v) is 8.95. The van der Waals surface area contributed by atoms with E-state index in [1.165, 1.54) is 11.3 Å². The molecule has 2 saturated heterocycles. The van der Waals surface area contributed by atoms with Gasteiger partial charge in [0.1, 0.15) is 17.8 Å². The fraction of sp³-hybridized carbons (Fsp3) is 0.444. The van der Waals surface area contributed by atoms with Crippen molar-refractivity contribution in [2.75, 3.05) is 13.1 Å². The van der Waals surface area contributed by atoms with Crippen LogP contribution in [0.25, 0.3) is 21.1 Å². The standard InChI is InChI=1S/C36H38N6O5S/c1-36(2)21-17-42(35(47)28(18-11-12-18)41-32(45)25-15-19-7-3-4-8-22(19)38-25)29(27(21)36)33(46)39-24(16-20-13-14-37-31(20)44)30(43)34-40-23-9-5-6-10-26(23)48-34/h3-10,15,18,20-21,24,27-29,38H,11-14,16-17H2,1-2H3,(H,37,44)(H,39,46)(H,41,45)/t20-,21-,24-,27-,28-,29-/m0/s1. The number of H-pyrrole nitrogens is 1. The third-order valence-corrected chi connectivity index (χ3v) is 12.1. The normalized spacial score (nSPS) is 25.4. The van der Waals surface area contributed by atoms with Crippen LogP contribution in [-0.4, -0.2) is 75.5 Å². The van der Waals surface area contributed by atoms with E-state index in [1.807, 2.05) is 48.5 Å². The van der Waals surface area contributed by atoms with Crippen LogP contribution in [0.4, 0.5) is 0 Å². The molecule has 4 amide bonds. The van der Waals surface area contributed by atoms with E-state index in [4.69, 9.17) is 0 Å². The van der Waals surface area contributed by atoms with Crippen molar-refractivity contribution < 1.29 is 24.0 Å². The highest BCUT2D eigenvalue weighted by Gasteiger charge is 2.70. The molecule has 8 rings (SSSR count). The van der Waals surface area contributed by atoms with Gasteiger partial charge < -0.3 is 25.8 Å². The Bertz CT molecular complexity index is 1910. The monoisotopic (exact) mass is 666 g/mol. The van der Waals surface area contributed by atoms with Crippen LogP contribution in [0.5, 0.6) is 0 Å². The highest BCUT2D eigenvalue weighted by Crippen LogP contribution is 2.65. The second-order valence-corrected chi connectivity index (χ2v) is 15.4. The molecule has 2 aliphatic carbocycles. The Labute approximate surface area is 281 Å². The van der Waals surface area contributed by atoms with Gasteiger partial charge in [0.05, 0.1) is 16.3 Å². The Morgan fingerprint density at radius 1 is 1.04 bits per heavy atom. The molecule has 12 heteroatoms. The van der Waals surface area contributed by atoms with Crippen LogP contribution in [0.3, 0.4) is 0 Å². The molecule has 2 aromatic carbocycles. The molecule has 2 saturated carbocycles. The molecule has 0 bridgehead atoms. The topological polar surface area (TPSA) is 153 Å². The number of aromatic amines is 1. The van der Waals surface area contributed by atoms with Crippen molar-refractivity contribution in [2.24, 2.45) is 29.1 Å². The van der Waals surface area contributed by atoms with Gasteiger partial charge in [-0.2, -0.15) is 0 Å². The van der Waals surface area contributed by atoms with Gasteiger partial charge in [0.15, 0.2) is 5.01 Å². The van der Waals surface area contributed by atoms with Crippen molar-refractivity contribution in [3.05, 3.63) is 65.3 Å². The summed E-state index contributed by atoms with van der Waals surface area (Å²) in [5, 5.41) is 10.0. The number of rotatable bonds is 10. The number of amides is 4. The van der Waals surface area contributed by atoms with Crippen LogP contribution in [0, 0.1) is 29.1 Å². The first-order chi connectivity index (χ1) is 23.1. The Balaban J connectivity index is 1.05. The maximum atomic E-state index is 14.3. The van der Waals surface area contributed by atoms with Crippen LogP contribution in [0.15, 0.2) is 54.6 Å². The number of hydrogen-bond donors (Lipinski definition) is 4. The third kappa shape index (κ3) is 5.35. The van der Waals surface area contributed by atoms with Gasteiger partial charge in [-0.1, -0.05) is 44.2 Å². The number of aromatic nitrogens is 2. The molecule has 0 unspecified atom stereocenters. The van der Waals surface area contributed by atoms with E-state index in [9.17, 15) is 24.0 Å². The van der Waals surface area contributed by atoms with E-state index in [0.29, 0.717) is 30.7 Å². The van der Waals surface area contributed by atoms with E-state index in [2.05, 4.69) is 39.8 Å². The van der Waals surface area contributed by atoms with Crippen LogP contribution < -0.4 is 16.0 Å². The van der Waals surface area contributed by atoms with E-state index in [1.54, 1.807) is 11.0 Å². The molecule has 4 N–H and O–H groups in total. The second kappa shape index (κ2) is 11.5. The summed E-state index contributed by atoms with van der Waals surface area (Å²) in [7, 11) is 0. The number of carbonyl (C=O) groups excluding carboxylic acids is 5. The molecule has 6 atom stereocenters. The first kappa shape index (κ1) is 30.7. The largest absolute Gasteiger partial charge is 0.356 e. The highest BCUT2D eigenvalue weighted by molar-refractivity contribution is 7.20. The van der Waals surface area contributed by atoms with Crippen molar-refractivity contribution in [2.45, 2.75) is 57.7 Å².